The Labute approximate surface area is 66.3 Å². The molecule has 1 aromatic rings. The minimum Gasteiger partial charge on any atom is -0.310 e. The lowest BCUT2D eigenvalue weighted by Crippen LogP contribution is -2.30. The average Bonchev–Trinajstić information content (AvgIpc) is 2.06. The van der Waals surface area contributed by atoms with Crippen LogP contribution < -0.4 is 5.73 Å². The summed E-state index contributed by atoms with van der Waals surface area (Å²) in [7, 11) is 0. The molecule has 1 aromatic carbocycles. The minimum absolute atomic E-state index is 0.850. The SMILES string of the molecule is C[C@@](N)(C#N)c1ccccc1. The van der Waals surface area contributed by atoms with Gasteiger partial charge in [0.15, 0.2) is 0 Å². The lowest BCUT2D eigenvalue weighted by molar-refractivity contribution is 0.646. The third-order valence-corrected chi connectivity index (χ3v) is 1.61. The van der Waals surface area contributed by atoms with Gasteiger partial charge in [0.1, 0.15) is 5.54 Å². The van der Waals surface area contributed by atoms with E-state index in [-0.39, 0.29) is 0 Å². The lowest BCUT2D eigenvalue weighted by atomic mass is 9.95. The smallest absolute Gasteiger partial charge is 0.126 e. The third kappa shape index (κ3) is 1.57. The third-order valence-electron chi connectivity index (χ3n) is 1.61. The number of hydrogen-bond acceptors (Lipinski definition) is 2. The summed E-state index contributed by atoms with van der Waals surface area (Å²) < 4.78 is 0. The molecular weight excluding hydrogens is 136 g/mol. The molecular formula is C9H10N2. The van der Waals surface area contributed by atoms with Gasteiger partial charge >= 0.3 is 0 Å². The van der Waals surface area contributed by atoms with Crippen LogP contribution in [0.5, 0.6) is 0 Å². The Morgan fingerprint density at radius 3 is 2.36 bits per heavy atom. The number of nitrogens with zero attached hydrogens (tertiary/aromatic N) is 1. The summed E-state index contributed by atoms with van der Waals surface area (Å²) in [6, 6.07) is 11.4. The van der Waals surface area contributed by atoms with Crippen molar-refractivity contribution in [1.29, 1.82) is 5.26 Å². The maximum absolute atomic E-state index is 8.67. The Morgan fingerprint density at radius 1 is 1.36 bits per heavy atom. The molecule has 0 aromatic heterocycles. The fourth-order valence-electron chi connectivity index (χ4n) is 0.849. The second kappa shape index (κ2) is 2.73. The highest BCUT2D eigenvalue weighted by Gasteiger charge is 2.18. The van der Waals surface area contributed by atoms with Gasteiger partial charge in [-0.3, -0.25) is 0 Å². The van der Waals surface area contributed by atoms with E-state index in [2.05, 4.69) is 0 Å². The van der Waals surface area contributed by atoms with Crippen molar-refractivity contribution in [2.24, 2.45) is 5.73 Å². The number of nitrogens with two attached hydrogens (primary N) is 1. The normalized spacial score (nSPS) is 15.0. The second-order valence-electron chi connectivity index (χ2n) is 2.68. The molecule has 2 heteroatoms. The first-order valence-corrected chi connectivity index (χ1v) is 3.42. The molecule has 2 nitrogen and oxygen atoms in total. The summed E-state index contributed by atoms with van der Waals surface area (Å²) in [5.41, 5.74) is 5.67. The van der Waals surface area contributed by atoms with Crippen LogP contribution in [-0.4, -0.2) is 0 Å². The zero-order chi connectivity index (χ0) is 8.32. The Morgan fingerprint density at radius 2 is 1.91 bits per heavy atom. The molecule has 0 radical (unpaired) electrons. The van der Waals surface area contributed by atoms with Crippen LogP contribution >= 0.6 is 0 Å². The summed E-state index contributed by atoms with van der Waals surface area (Å²) in [5.74, 6) is 0. The van der Waals surface area contributed by atoms with Crippen molar-refractivity contribution in [3.8, 4) is 6.07 Å². The van der Waals surface area contributed by atoms with E-state index in [1.165, 1.54) is 0 Å². The lowest BCUT2D eigenvalue weighted by Gasteiger charge is -2.14. The van der Waals surface area contributed by atoms with Crippen molar-refractivity contribution in [3.05, 3.63) is 35.9 Å². The standard InChI is InChI=1S/C9H10N2/c1-9(11,7-10)8-5-3-2-4-6-8/h2-6H,11H2,1H3/t9-/m1/s1. The fourth-order valence-corrected chi connectivity index (χ4v) is 0.849. The number of hydrogen-bond donors (Lipinski definition) is 1. The minimum atomic E-state index is -0.860. The Bertz CT molecular complexity index is 269. The molecule has 0 fully saturated rings. The van der Waals surface area contributed by atoms with Crippen molar-refractivity contribution in [2.75, 3.05) is 0 Å². The largest absolute Gasteiger partial charge is 0.310 e. The summed E-state index contributed by atoms with van der Waals surface area (Å²) in [6.07, 6.45) is 0. The van der Waals surface area contributed by atoms with Crippen molar-refractivity contribution in [2.45, 2.75) is 12.5 Å². The van der Waals surface area contributed by atoms with Crippen LogP contribution in [-0.2, 0) is 5.54 Å². The Hall–Kier alpha value is -1.33. The van der Waals surface area contributed by atoms with E-state index in [1.807, 2.05) is 36.4 Å². The highest BCUT2D eigenvalue weighted by Crippen LogP contribution is 2.14. The van der Waals surface area contributed by atoms with Gasteiger partial charge in [0.25, 0.3) is 0 Å². The van der Waals surface area contributed by atoms with Crippen LogP contribution in [0.25, 0.3) is 0 Å². The number of benzene rings is 1. The zero-order valence-corrected chi connectivity index (χ0v) is 6.41. The van der Waals surface area contributed by atoms with Gasteiger partial charge in [0.2, 0.25) is 0 Å². The first-order chi connectivity index (χ1) is 5.17. The van der Waals surface area contributed by atoms with Gasteiger partial charge in [0.05, 0.1) is 6.07 Å². The van der Waals surface area contributed by atoms with Crippen LogP contribution in [0, 0.1) is 11.3 Å². The van der Waals surface area contributed by atoms with Crippen LogP contribution in [0.3, 0.4) is 0 Å². The molecule has 1 atom stereocenters. The number of nitriles is 1. The van der Waals surface area contributed by atoms with E-state index >= 15 is 0 Å². The molecule has 0 aliphatic carbocycles. The van der Waals surface area contributed by atoms with E-state index < -0.39 is 5.54 Å². The molecule has 0 saturated heterocycles. The molecule has 0 bridgehead atoms. The molecule has 0 spiro atoms. The molecule has 0 aliphatic heterocycles. The number of rotatable bonds is 1. The highest BCUT2D eigenvalue weighted by molar-refractivity contribution is 5.28. The zero-order valence-electron chi connectivity index (χ0n) is 6.41. The first-order valence-electron chi connectivity index (χ1n) is 3.42. The summed E-state index contributed by atoms with van der Waals surface area (Å²) >= 11 is 0. The Balaban J connectivity index is 3.05. The molecule has 0 saturated carbocycles. The predicted molar refractivity (Wildman–Crippen MR) is 43.6 cm³/mol. The van der Waals surface area contributed by atoms with Crippen molar-refractivity contribution >= 4 is 0 Å². The van der Waals surface area contributed by atoms with Gasteiger partial charge in [-0.2, -0.15) is 5.26 Å². The fraction of sp³-hybridized carbons (Fsp3) is 0.222. The van der Waals surface area contributed by atoms with Gasteiger partial charge in [-0.1, -0.05) is 30.3 Å². The van der Waals surface area contributed by atoms with Gasteiger partial charge in [-0.25, -0.2) is 0 Å². The predicted octanol–water partition coefficient (Wildman–Crippen LogP) is 1.38. The topological polar surface area (TPSA) is 49.8 Å². The first kappa shape index (κ1) is 7.77. The monoisotopic (exact) mass is 146 g/mol. The molecule has 0 heterocycles. The quantitative estimate of drug-likeness (QED) is 0.650. The van der Waals surface area contributed by atoms with Crippen molar-refractivity contribution in [3.63, 3.8) is 0 Å². The van der Waals surface area contributed by atoms with Gasteiger partial charge in [-0.15, -0.1) is 0 Å². The van der Waals surface area contributed by atoms with Crippen molar-refractivity contribution in [1.82, 2.24) is 0 Å². The van der Waals surface area contributed by atoms with E-state index in [9.17, 15) is 0 Å². The maximum Gasteiger partial charge on any atom is 0.126 e. The van der Waals surface area contributed by atoms with E-state index in [4.69, 9.17) is 11.0 Å². The van der Waals surface area contributed by atoms with Crippen LogP contribution in [0.1, 0.15) is 12.5 Å². The van der Waals surface area contributed by atoms with Gasteiger partial charge < -0.3 is 5.73 Å². The average molecular weight is 146 g/mol. The van der Waals surface area contributed by atoms with E-state index in [1.54, 1.807) is 6.92 Å². The summed E-state index contributed by atoms with van der Waals surface area (Å²) in [5, 5.41) is 8.67. The highest BCUT2D eigenvalue weighted by atomic mass is 14.7. The Kier molecular flexibility index (Phi) is 1.93. The molecule has 0 unspecified atom stereocenters. The summed E-state index contributed by atoms with van der Waals surface area (Å²) in [4.78, 5) is 0. The molecule has 0 aliphatic rings. The molecule has 11 heavy (non-hydrogen) atoms. The van der Waals surface area contributed by atoms with Gasteiger partial charge in [0, 0.05) is 0 Å². The van der Waals surface area contributed by atoms with E-state index in [0.29, 0.717) is 0 Å². The molecule has 1 rings (SSSR count). The van der Waals surface area contributed by atoms with Gasteiger partial charge in [-0.05, 0) is 12.5 Å². The van der Waals surface area contributed by atoms with E-state index in [0.717, 1.165) is 5.56 Å². The molecule has 2 N–H and O–H groups in total. The van der Waals surface area contributed by atoms with Crippen LogP contribution in [0.15, 0.2) is 30.3 Å². The molecule has 56 valence electrons. The molecule has 0 amide bonds. The second-order valence-corrected chi connectivity index (χ2v) is 2.68. The maximum atomic E-state index is 8.67. The van der Waals surface area contributed by atoms with Crippen LogP contribution in [0.2, 0.25) is 0 Å². The van der Waals surface area contributed by atoms with Crippen LogP contribution in [0.4, 0.5) is 0 Å². The van der Waals surface area contributed by atoms with Crippen molar-refractivity contribution < 1.29 is 0 Å². The summed E-state index contributed by atoms with van der Waals surface area (Å²) in [6.45, 7) is 1.70.